The Kier molecular flexibility index (Phi) is 4.97. The van der Waals surface area contributed by atoms with Crippen LogP contribution in [-0.2, 0) is 0 Å². The molecule has 0 spiro atoms. The summed E-state index contributed by atoms with van der Waals surface area (Å²) >= 11 is 0. The summed E-state index contributed by atoms with van der Waals surface area (Å²) in [5, 5.41) is 0. The van der Waals surface area contributed by atoms with Gasteiger partial charge in [0.15, 0.2) is 0 Å². The van der Waals surface area contributed by atoms with Crippen molar-refractivity contribution in [1.82, 2.24) is 14.8 Å². The zero-order valence-corrected chi connectivity index (χ0v) is 14.4. The highest BCUT2D eigenvalue weighted by Crippen LogP contribution is 2.22. The monoisotopic (exact) mass is 339 g/mol. The molecule has 2 amide bonds. The minimum atomic E-state index is -0.0611. The summed E-state index contributed by atoms with van der Waals surface area (Å²) in [4.78, 5) is 32.8. The fourth-order valence-electron chi connectivity index (χ4n) is 2.94. The second kappa shape index (κ2) is 7.34. The first kappa shape index (κ1) is 17.0. The largest absolute Gasteiger partial charge is 0.496 e. The van der Waals surface area contributed by atoms with E-state index in [-0.39, 0.29) is 11.8 Å². The minimum absolute atomic E-state index is 0.0478. The molecule has 2 aromatic rings. The first-order valence-corrected chi connectivity index (χ1v) is 8.23. The Labute approximate surface area is 147 Å². The molecule has 0 N–H and O–H groups in total. The molecule has 2 heterocycles. The lowest BCUT2D eigenvalue weighted by Gasteiger charge is -2.35. The smallest absolute Gasteiger partial charge is 0.257 e. The maximum Gasteiger partial charge on any atom is 0.257 e. The van der Waals surface area contributed by atoms with E-state index in [4.69, 9.17) is 4.74 Å². The van der Waals surface area contributed by atoms with E-state index in [0.29, 0.717) is 43.1 Å². The first-order chi connectivity index (χ1) is 12.1. The van der Waals surface area contributed by atoms with Gasteiger partial charge >= 0.3 is 0 Å². The molecule has 0 aliphatic carbocycles. The van der Waals surface area contributed by atoms with Gasteiger partial charge in [0, 0.05) is 38.6 Å². The van der Waals surface area contributed by atoms with Crippen LogP contribution in [0.15, 0.2) is 42.7 Å². The average molecular weight is 339 g/mol. The van der Waals surface area contributed by atoms with Gasteiger partial charge in [0.2, 0.25) is 0 Å². The molecule has 1 aromatic carbocycles. The highest BCUT2D eigenvalue weighted by Gasteiger charge is 2.27. The van der Waals surface area contributed by atoms with Crippen molar-refractivity contribution in [1.29, 1.82) is 0 Å². The molecule has 1 aliphatic rings. The van der Waals surface area contributed by atoms with Crippen molar-refractivity contribution in [3.8, 4) is 5.75 Å². The fraction of sp³-hybridized carbons (Fsp3) is 0.316. The van der Waals surface area contributed by atoms with Crippen molar-refractivity contribution in [2.75, 3.05) is 33.3 Å². The third-order valence-corrected chi connectivity index (χ3v) is 4.35. The molecule has 0 radical (unpaired) electrons. The zero-order valence-electron chi connectivity index (χ0n) is 14.4. The van der Waals surface area contributed by atoms with E-state index in [0.717, 1.165) is 5.56 Å². The Morgan fingerprint density at radius 3 is 2.32 bits per heavy atom. The first-order valence-electron chi connectivity index (χ1n) is 8.23. The lowest BCUT2D eigenvalue weighted by Crippen LogP contribution is -2.50. The number of rotatable bonds is 3. The van der Waals surface area contributed by atoms with Crippen LogP contribution in [0.1, 0.15) is 26.3 Å². The van der Waals surface area contributed by atoms with Crippen LogP contribution in [-0.4, -0.2) is 59.9 Å². The molecule has 25 heavy (non-hydrogen) atoms. The van der Waals surface area contributed by atoms with Crippen LogP contribution in [0.25, 0.3) is 0 Å². The van der Waals surface area contributed by atoms with Crippen LogP contribution in [0.5, 0.6) is 5.75 Å². The number of hydrogen-bond acceptors (Lipinski definition) is 4. The number of amides is 2. The van der Waals surface area contributed by atoms with Crippen molar-refractivity contribution in [2.45, 2.75) is 6.92 Å². The number of ether oxygens (including phenoxy) is 1. The number of carbonyl (C=O) groups is 2. The maximum absolute atomic E-state index is 12.8. The molecule has 1 fully saturated rings. The van der Waals surface area contributed by atoms with E-state index in [2.05, 4.69) is 4.98 Å². The Morgan fingerprint density at radius 2 is 1.72 bits per heavy atom. The molecule has 3 rings (SSSR count). The molecular formula is C19H21N3O3. The van der Waals surface area contributed by atoms with Crippen LogP contribution in [0.4, 0.5) is 0 Å². The van der Waals surface area contributed by atoms with E-state index in [1.165, 1.54) is 0 Å². The van der Waals surface area contributed by atoms with Gasteiger partial charge in [-0.2, -0.15) is 0 Å². The van der Waals surface area contributed by atoms with Crippen molar-refractivity contribution >= 4 is 11.8 Å². The maximum atomic E-state index is 12.8. The number of pyridine rings is 1. The van der Waals surface area contributed by atoms with Crippen LogP contribution < -0.4 is 4.74 Å². The number of aromatic nitrogens is 1. The van der Waals surface area contributed by atoms with Gasteiger partial charge in [-0.15, -0.1) is 0 Å². The topological polar surface area (TPSA) is 62.7 Å². The Morgan fingerprint density at radius 1 is 1.04 bits per heavy atom. The quantitative estimate of drug-likeness (QED) is 0.858. The second-order valence-corrected chi connectivity index (χ2v) is 6.03. The normalized spacial score (nSPS) is 14.3. The molecule has 0 atom stereocenters. The highest BCUT2D eigenvalue weighted by atomic mass is 16.5. The summed E-state index contributed by atoms with van der Waals surface area (Å²) in [6.07, 6.45) is 3.21. The lowest BCUT2D eigenvalue weighted by atomic mass is 10.1. The standard InChI is InChI=1S/C19H21N3O3/c1-14-5-6-17(25-2)16(12-14)19(24)22-10-8-21(9-11-22)18(23)15-4-3-7-20-13-15/h3-7,12-13H,8-11H2,1-2H3. The van der Waals surface area contributed by atoms with E-state index < -0.39 is 0 Å². The summed E-state index contributed by atoms with van der Waals surface area (Å²) in [6, 6.07) is 9.07. The van der Waals surface area contributed by atoms with Crippen molar-refractivity contribution in [2.24, 2.45) is 0 Å². The second-order valence-electron chi connectivity index (χ2n) is 6.03. The van der Waals surface area contributed by atoms with Gasteiger partial charge in [-0.3, -0.25) is 14.6 Å². The van der Waals surface area contributed by atoms with Gasteiger partial charge in [0.1, 0.15) is 5.75 Å². The van der Waals surface area contributed by atoms with Gasteiger partial charge in [-0.1, -0.05) is 11.6 Å². The third-order valence-electron chi connectivity index (χ3n) is 4.35. The summed E-state index contributed by atoms with van der Waals surface area (Å²) < 4.78 is 5.31. The van der Waals surface area contributed by atoms with E-state index >= 15 is 0 Å². The number of piperazine rings is 1. The SMILES string of the molecule is COc1ccc(C)cc1C(=O)N1CCN(C(=O)c2cccnc2)CC1. The number of carbonyl (C=O) groups excluding carboxylic acids is 2. The van der Waals surface area contributed by atoms with Crippen molar-refractivity contribution in [3.05, 3.63) is 59.4 Å². The molecular weight excluding hydrogens is 318 g/mol. The van der Waals surface area contributed by atoms with Gasteiger partial charge < -0.3 is 14.5 Å². The molecule has 1 aliphatic heterocycles. The number of methoxy groups -OCH3 is 1. The van der Waals surface area contributed by atoms with Crippen LogP contribution >= 0.6 is 0 Å². The van der Waals surface area contributed by atoms with Gasteiger partial charge in [0.25, 0.3) is 11.8 Å². The predicted octanol–water partition coefficient (Wildman–Crippen LogP) is 2.00. The average Bonchev–Trinajstić information content (AvgIpc) is 2.67. The molecule has 0 bridgehead atoms. The molecule has 0 saturated carbocycles. The number of hydrogen-bond donors (Lipinski definition) is 0. The Hall–Kier alpha value is -2.89. The summed E-state index contributed by atoms with van der Waals surface area (Å²) in [5.41, 5.74) is 2.15. The third kappa shape index (κ3) is 3.63. The number of benzene rings is 1. The predicted molar refractivity (Wildman–Crippen MR) is 93.8 cm³/mol. The van der Waals surface area contributed by atoms with Crippen LogP contribution in [0, 0.1) is 6.92 Å². The lowest BCUT2D eigenvalue weighted by molar-refractivity contribution is 0.0533. The Balaban J connectivity index is 1.67. The fourth-order valence-corrected chi connectivity index (χ4v) is 2.94. The molecule has 0 unspecified atom stereocenters. The molecule has 130 valence electrons. The van der Waals surface area contributed by atoms with Gasteiger partial charge in [-0.05, 0) is 31.2 Å². The van der Waals surface area contributed by atoms with E-state index in [1.54, 1.807) is 41.4 Å². The van der Waals surface area contributed by atoms with E-state index in [1.807, 2.05) is 25.1 Å². The van der Waals surface area contributed by atoms with Gasteiger partial charge in [0.05, 0.1) is 18.2 Å². The molecule has 1 aromatic heterocycles. The summed E-state index contributed by atoms with van der Waals surface area (Å²) in [5.74, 6) is 0.465. The number of aryl methyl sites for hydroxylation is 1. The summed E-state index contributed by atoms with van der Waals surface area (Å²) in [6.45, 7) is 3.96. The van der Waals surface area contributed by atoms with Crippen molar-refractivity contribution < 1.29 is 14.3 Å². The Bertz CT molecular complexity index is 769. The zero-order chi connectivity index (χ0) is 17.8. The van der Waals surface area contributed by atoms with Gasteiger partial charge in [-0.25, -0.2) is 0 Å². The summed E-state index contributed by atoms with van der Waals surface area (Å²) in [7, 11) is 1.56. The van der Waals surface area contributed by atoms with Crippen LogP contribution in [0.2, 0.25) is 0 Å². The van der Waals surface area contributed by atoms with Crippen molar-refractivity contribution in [3.63, 3.8) is 0 Å². The highest BCUT2D eigenvalue weighted by molar-refractivity contribution is 5.98. The van der Waals surface area contributed by atoms with Crippen LogP contribution in [0.3, 0.4) is 0 Å². The number of nitrogens with zero attached hydrogens (tertiary/aromatic N) is 3. The minimum Gasteiger partial charge on any atom is -0.496 e. The molecule has 1 saturated heterocycles. The molecule has 6 heteroatoms. The molecule has 6 nitrogen and oxygen atoms in total. The van der Waals surface area contributed by atoms with E-state index in [9.17, 15) is 9.59 Å².